The van der Waals surface area contributed by atoms with Crippen molar-refractivity contribution in [2.24, 2.45) is 0 Å². The molecule has 2 amide bonds. The quantitative estimate of drug-likeness (QED) is 0.572. The standard InChI is InChI=1S/C23H26N4OS/c1-15-5-11-18(12-6-15)27-21(19-13-29-14-20(19)26-27)25-22(28)24-17-9-7-16(8-10-17)23(2,3)4/h5-12H,13-14H2,1-4H3,(H2,24,25,28). The van der Waals surface area contributed by atoms with Gasteiger partial charge in [-0.1, -0.05) is 50.6 Å². The van der Waals surface area contributed by atoms with Crippen LogP contribution in [0.1, 0.15) is 43.2 Å². The van der Waals surface area contributed by atoms with E-state index in [1.807, 2.05) is 40.7 Å². The fourth-order valence-electron chi connectivity index (χ4n) is 3.34. The van der Waals surface area contributed by atoms with Gasteiger partial charge in [0, 0.05) is 22.8 Å². The molecular weight excluding hydrogens is 380 g/mol. The van der Waals surface area contributed by atoms with Crippen molar-refractivity contribution in [1.29, 1.82) is 0 Å². The number of nitrogens with one attached hydrogen (secondary N) is 2. The van der Waals surface area contributed by atoms with Gasteiger partial charge in [0.1, 0.15) is 5.82 Å². The van der Waals surface area contributed by atoms with Crippen LogP contribution in [0.25, 0.3) is 5.69 Å². The van der Waals surface area contributed by atoms with Crippen LogP contribution in [-0.4, -0.2) is 15.8 Å². The summed E-state index contributed by atoms with van der Waals surface area (Å²) in [6.07, 6.45) is 0. The van der Waals surface area contributed by atoms with Crippen LogP contribution >= 0.6 is 11.8 Å². The van der Waals surface area contributed by atoms with Crippen molar-refractivity contribution in [3.63, 3.8) is 0 Å². The van der Waals surface area contributed by atoms with Gasteiger partial charge in [0.2, 0.25) is 0 Å². The summed E-state index contributed by atoms with van der Waals surface area (Å²) in [7, 11) is 0. The molecule has 1 aromatic heterocycles. The summed E-state index contributed by atoms with van der Waals surface area (Å²) in [5, 5.41) is 10.7. The van der Waals surface area contributed by atoms with Crippen molar-refractivity contribution in [1.82, 2.24) is 9.78 Å². The number of aromatic nitrogens is 2. The highest BCUT2D eigenvalue weighted by molar-refractivity contribution is 7.98. The first-order valence-corrected chi connectivity index (χ1v) is 10.9. The number of fused-ring (bicyclic) bond motifs is 1. The van der Waals surface area contributed by atoms with Gasteiger partial charge in [0.15, 0.2) is 0 Å². The van der Waals surface area contributed by atoms with Crippen molar-refractivity contribution in [2.45, 2.75) is 44.6 Å². The molecule has 0 aliphatic carbocycles. The van der Waals surface area contributed by atoms with Gasteiger partial charge in [-0.3, -0.25) is 5.32 Å². The number of aryl methyl sites for hydroxylation is 1. The molecule has 1 aliphatic heterocycles. The van der Waals surface area contributed by atoms with Crippen molar-refractivity contribution in [2.75, 3.05) is 10.6 Å². The second kappa shape index (κ2) is 7.59. The summed E-state index contributed by atoms with van der Waals surface area (Å²) < 4.78 is 1.84. The molecule has 1 aliphatic rings. The number of hydrogen-bond donors (Lipinski definition) is 2. The maximum absolute atomic E-state index is 12.7. The van der Waals surface area contributed by atoms with Crippen LogP contribution in [0, 0.1) is 6.92 Å². The third kappa shape index (κ3) is 4.17. The van der Waals surface area contributed by atoms with Crippen LogP contribution in [-0.2, 0) is 16.9 Å². The van der Waals surface area contributed by atoms with Gasteiger partial charge in [-0.15, -0.1) is 0 Å². The smallest absolute Gasteiger partial charge is 0.308 e. The van der Waals surface area contributed by atoms with E-state index >= 15 is 0 Å². The van der Waals surface area contributed by atoms with Gasteiger partial charge in [0.25, 0.3) is 0 Å². The van der Waals surface area contributed by atoms with E-state index in [1.54, 1.807) is 0 Å². The second-order valence-electron chi connectivity index (χ2n) is 8.42. The predicted molar refractivity (Wildman–Crippen MR) is 121 cm³/mol. The number of benzene rings is 2. The zero-order chi connectivity index (χ0) is 20.6. The molecule has 5 nitrogen and oxygen atoms in total. The average Bonchev–Trinajstić information content (AvgIpc) is 3.25. The molecule has 4 rings (SSSR count). The summed E-state index contributed by atoms with van der Waals surface area (Å²) in [4.78, 5) is 12.7. The third-order valence-electron chi connectivity index (χ3n) is 5.07. The Morgan fingerprint density at radius 2 is 1.69 bits per heavy atom. The Bertz CT molecular complexity index is 1030. The topological polar surface area (TPSA) is 59.0 Å². The van der Waals surface area contributed by atoms with Crippen LogP contribution in [0.5, 0.6) is 0 Å². The zero-order valence-electron chi connectivity index (χ0n) is 17.2. The SMILES string of the molecule is Cc1ccc(-n2nc3c(c2NC(=O)Nc2ccc(C(C)(C)C)cc2)CSC3)cc1. The lowest BCUT2D eigenvalue weighted by molar-refractivity contribution is 0.262. The molecule has 0 radical (unpaired) electrons. The molecule has 150 valence electrons. The van der Waals surface area contributed by atoms with Crippen LogP contribution < -0.4 is 10.6 Å². The Morgan fingerprint density at radius 1 is 1.00 bits per heavy atom. The molecule has 29 heavy (non-hydrogen) atoms. The monoisotopic (exact) mass is 406 g/mol. The minimum absolute atomic E-state index is 0.0829. The van der Waals surface area contributed by atoms with Gasteiger partial charge in [0.05, 0.1) is 11.4 Å². The molecule has 0 atom stereocenters. The molecule has 0 saturated heterocycles. The summed E-state index contributed by atoms with van der Waals surface area (Å²) in [6, 6.07) is 15.9. The highest BCUT2D eigenvalue weighted by atomic mass is 32.2. The number of rotatable bonds is 3. The molecule has 0 spiro atoms. The molecule has 3 aromatic rings. The van der Waals surface area contributed by atoms with E-state index in [9.17, 15) is 4.79 Å². The molecular formula is C23H26N4OS. The number of thioether (sulfide) groups is 1. The second-order valence-corrected chi connectivity index (χ2v) is 9.41. The minimum Gasteiger partial charge on any atom is -0.308 e. The van der Waals surface area contributed by atoms with Crippen molar-refractivity contribution in [3.05, 3.63) is 70.9 Å². The molecule has 2 N–H and O–H groups in total. The third-order valence-corrected chi connectivity index (χ3v) is 6.04. The van der Waals surface area contributed by atoms with Crippen LogP contribution in [0.2, 0.25) is 0 Å². The number of urea groups is 1. The van der Waals surface area contributed by atoms with Crippen molar-refractivity contribution in [3.8, 4) is 5.69 Å². The fourth-order valence-corrected chi connectivity index (χ4v) is 4.37. The van der Waals surface area contributed by atoms with E-state index in [1.165, 1.54) is 11.1 Å². The molecule has 2 aromatic carbocycles. The fraction of sp³-hybridized carbons (Fsp3) is 0.304. The number of nitrogens with zero attached hydrogens (tertiary/aromatic N) is 2. The minimum atomic E-state index is -0.263. The lowest BCUT2D eigenvalue weighted by Gasteiger charge is -2.19. The normalized spacial score (nSPS) is 13.2. The molecule has 2 heterocycles. The largest absolute Gasteiger partial charge is 0.324 e. The molecule has 0 saturated carbocycles. The first-order chi connectivity index (χ1) is 13.8. The number of hydrogen-bond acceptors (Lipinski definition) is 3. The van der Waals surface area contributed by atoms with Gasteiger partial charge in [-0.2, -0.15) is 16.9 Å². The number of carbonyl (C=O) groups is 1. The summed E-state index contributed by atoms with van der Waals surface area (Å²) >= 11 is 1.82. The maximum atomic E-state index is 12.7. The van der Waals surface area contributed by atoms with E-state index in [2.05, 4.69) is 62.6 Å². The maximum Gasteiger partial charge on any atom is 0.324 e. The zero-order valence-corrected chi connectivity index (χ0v) is 18.1. The average molecular weight is 407 g/mol. The lowest BCUT2D eigenvalue weighted by Crippen LogP contribution is -2.22. The Morgan fingerprint density at radius 3 is 2.34 bits per heavy atom. The van der Waals surface area contributed by atoms with E-state index < -0.39 is 0 Å². The lowest BCUT2D eigenvalue weighted by atomic mass is 9.87. The molecule has 6 heteroatoms. The van der Waals surface area contributed by atoms with Gasteiger partial charge < -0.3 is 5.32 Å². The Hall–Kier alpha value is -2.73. The predicted octanol–water partition coefficient (Wildman–Crippen LogP) is 5.87. The van der Waals surface area contributed by atoms with E-state index in [0.717, 1.165) is 40.0 Å². The van der Waals surface area contributed by atoms with Crippen LogP contribution in [0.4, 0.5) is 16.3 Å². The Balaban J connectivity index is 1.56. The Labute approximate surface area is 175 Å². The summed E-state index contributed by atoms with van der Waals surface area (Å²) in [5.74, 6) is 2.48. The molecule has 0 bridgehead atoms. The first kappa shape index (κ1) is 19.6. The van der Waals surface area contributed by atoms with Crippen molar-refractivity contribution >= 4 is 29.3 Å². The van der Waals surface area contributed by atoms with E-state index in [-0.39, 0.29) is 11.4 Å². The first-order valence-electron chi connectivity index (χ1n) is 9.75. The number of carbonyl (C=O) groups excluding carboxylic acids is 1. The number of amides is 2. The van der Waals surface area contributed by atoms with Gasteiger partial charge in [-0.25, -0.2) is 9.48 Å². The number of anilines is 2. The van der Waals surface area contributed by atoms with E-state index in [4.69, 9.17) is 5.10 Å². The van der Waals surface area contributed by atoms with Crippen LogP contribution in [0.3, 0.4) is 0 Å². The highest BCUT2D eigenvalue weighted by Crippen LogP contribution is 2.36. The van der Waals surface area contributed by atoms with Crippen molar-refractivity contribution < 1.29 is 4.79 Å². The molecule has 0 fully saturated rings. The Kier molecular flexibility index (Phi) is 5.13. The van der Waals surface area contributed by atoms with Gasteiger partial charge >= 0.3 is 6.03 Å². The highest BCUT2D eigenvalue weighted by Gasteiger charge is 2.24. The summed E-state index contributed by atoms with van der Waals surface area (Å²) in [5.41, 5.74) is 6.36. The van der Waals surface area contributed by atoms with Gasteiger partial charge in [-0.05, 0) is 42.2 Å². The molecule has 0 unspecified atom stereocenters. The summed E-state index contributed by atoms with van der Waals surface area (Å²) in [6.45, 7) is 8.58. The van der Waals surface area contributed by atoms with Crippen LogP contribution in [0.15, 0.2) is 48.5 Å². The van der Waals surface area contributed by atoms with E-state index in [0.29, 0.717) is 0 Å².